The van der Waals surface area contributed by atoms with E-state index in [1.54, 1.807) is 6.20 Å². The van der Waals surface area contributed by atoms with Crippen molar-refractivity contribution in [1.82, 2.24) is 9.97 Å². The molecule has 3 heteroatoms. The molecule has 0 bridgehead atoms. The lowest BCUT2D eigenvalue weighted by Crippen LogP contribution is -2.14. The van der Waals surface area contributed by atoms with Crippen LogP contribution in [0.15, 0.2) is 30.6 Å². The van der Waals surface area contributed by atoms with E-state index in [0.717, 1.165) is 23.1 Å². The molecule has 2 aromatic rings. The summed E-state index contributed by atoms with van der Waals surface area (Å²) in [6, 6.07) is 6.42. The van der Waals surface area contributed by atoms with Crippen molar-refractivity contribution in [3.63, 3.8) is 0 Å². The highest BCUT2D eigenvalue weighted by atomic mass is 15.0. The second-order valence-corrected chi connectivity index (χ2v) is 3.72. The summed E-state index contributed by atoms with van der Waals surface area (Å²) in [5.74, 6) is 0.933. The zero-order valence-electron chi connectivity index (χ0n) is 9.07. The normalized spacial score (nSPS) is 12.7. The maximum atomic E-state index is 4.51. The van der Waals surface area contributed by atoms with Gasteiger partial charge in [0.1, 0.15) is 5.82 Å². The number of nitrogens with one attached hydrogen (secondary N) is 1. The number of hydrogen-bond acceptors (Lipinski definition) is 3. The Morgan fingerprint density at radius 1 is 1.33 bits per heavy atom. The summed E-state index contributed by atoms with van der Waals surface area (Å²) in [5, 5.41) is 4.43. The first-order valence-corrected chi connectivity index (χ1v) is 5.27. The highest BCUT2D eigenvalue weighted by Crippen LogP contribution is 2.14. The fourth-order valence-electron chi connectivity index (χ4n) is 1.40. The van der Waals surface area contributed by atoms with Crippen molar-refractivity contribution < 1.29 is 0 Å². The van der Waals surface area contributed by atoms with Gasteiger partial charge in [0.15, 0.2) is 0 Å². The molecule has 3 nitrogen and oxygen atoms in total. The molecule has 2 rings (SSSR count). The van der Waals surface area contributed by atoms with Crippen LogP contribution in [0.25, 0.3) is 10.9 Å². The molecule has 0 aliphatic heterocycles. The Bertz CT molecular complexity index is 453. The molecule has 2 aromatic heterocycles. The molecule has 0 aromatic carbocycles. The van der Waals surface area contributed by atoms with Gasteiger partial charge in [0.05, 0.1) is 5.52 Å². The molecule has 0 saturated carbocycles. The van der Waals surface area contributed by atoms with Gasteiger partial charge in [0.2, 0.25) is 0 Å². The molecule has 1 N–H and O–H groups in total. The fourth-order valence-corrected chi connectivity index (χ4v) is 1.40. The SMILES string of the molecule is CCC(C)Nc1ccc2cnccc2n1. The molecule has 0 spiro atoms. The second-order valence-electron chi connectivity index (χ2n) is 3.72. The van der Waals surface area contributed by atoms with Crippen LogP contribution in [0.1, 0.15) is 20.3 Å². The summed E-state index contributed by atoms with van der Waals surface area (Å²) < 4.78 is 0. The third-order valence-corrected chi connectivity index (χ3v) is 2.50. The van der Waals surface area contributed by atoms with Crippen molar-refractivity contribution in [2.45, 2.75) is 26.3 Å². The van der Waals surface area contributed by atoms with Crippen LogP contribution < -0.4 is 5.32 Å². The van der Waals surface area contributed by atoms with Gasteiger partial charge in [-0.05, 0) is 31.5 Å². The van der Waals surface area contributed by atoms with Crippen LogP contribution >= 0.6 is 0 Å². The molecule has 0 amide bonds. The van der Waals surface area contributed by atoms with Gasteiger partial charge in [-0.1, -0.05) is 6.92 Å². The summed E-state index contributed by atoms with van der Waals surface area (Å²) >= 11 is 0. The van der Waals surface area contributed by atoms with E-state index in [1.165, 1.54) is 0 Å². The van der Waals surface area contributed by atoms with Gasteiger partial charge in [-0.3, -0.25) is 4.98 Å². The number of fused-ring (bicyclic) bond motifs is 1. The van der Waals surface area contributed by atoms with E-state index in [1.807, 2.05) is 24.4 Å². The Hall–Kier alpha value is -1.64. The third kappa shape index (κ3) is 2.24. The van der Waals surface area contributed by atoms with E-state index in [-0.39, 0.29) is 0 Å². The van der Waals surface area contributed by atoms with Gasteiger partial charge < -0.3 is 5.32 Å². The maximum Gasteiger partial charge on any atom is 0.126 e. The monoisotopic (exact) mass is 201 g/mol. The van der Waals surface area contributed by atoms with Gasteiger partial charge >= 0.3 is 0 Å². The van der Waals surface area contributed by atoms with E-state index < -0.39 is 0 Å². The summed E-state index contributed by atoms with van der Waals surface area (Å²) in [6.45, 7) is 4.31. The Morgan fingerprint density at radius 2 is 2.20 bits per heavy atom. The molecule has 0 radical (unpaired) electrons. The second kappa shape index (κ2) is 4.26. The van der Waals surface area contributed by atoms with Crippen molar-refractivity contribution in [3.05, 3.63) is 30.6 Å². The minimum atomic E-state index is 0.455. The van der Waals surface area contributed by atoms with Crippen molar-refractivity contribution >= 4 is 16.7 Å². The van der Waals surface area contributed by atoms with E-state index in [4.69, 9.17) is 0 Å². The van der Waals surface area contributed by atoms with Gasteiger partial charge in [0, 0.05) is 23.8 Å². The average molecular weight is 201 g/mol. The quantitative estimate of drug-likeness (QED) is 0.829. The molecule has 15 heavy (non-hydrogen) atoms. The average Bonchev–Trinajstić information content (AvgIpc) is 2.29. The molecule has 78 valence electrons. The van der Waals surface area contributed by atoms with E-state index in [0.29, 0.717) is 6.04 Å². The molecule has 2 heterocycles. The number of anilines is 1. The molecular weight excluding hydrogens is 186 g/mol. The lowest BCUT2D eigenvalue weighted by Gasteiger charge is -2.12. The van der Waals surface area contributed by atoms with E-state index in [9.17, 15) is 0 Å². The smallest absolute Gasteiger partial charge is 0.126 e. The first-order chi connectivity index (χ1) is 7.29. The summed E-state index contributed by atoms with van der Waals surface area (Å²) in [7, 11) is 0. The maximum absolute atomic E-state index is 4.51. The number of pyridine rings is 2. The molecule has 1 atom stereocenters. The van der Waals surface area contributed by atoms with Gasteiger partial charge in [0.25, 0.3) is 0 Å². The molecule has 1 unspecified atom stereocenters. The summed E-state index contributed by atoms with van der Waals surface area (Å²) in [4.78, 5) is 8.57. The predicted octanol–water partition coefficient (Wildman–Crippen LogP) is 2.84. The van der Waals surface area contributed by atoms with E-state index >= 15 is 0 Å². The molecule has 0 aliphatic carbocycles. The minimum absolute atomic E-state index is 0.455. The Balaban J connectivity index is 2.30. The third-order valence-electron chi connectivity index (χ3n) is 2.50. The van der Waals surface area contributed by atoms with Crippen molar-refractivity contribution in [1.29, 1.82) is 0 Å². The van der Waals surface area contributed by atoms with Crippen LogP contribution in [-0.2, 0) is 0 Å². The molecule has 0 fully saturated rings. The topological polar surface area (TPSA) is 37.8 Å². The number of aromatic nitrogens is 2. The van der Waals surface area contributed by atoms with Crippen molar-refractivity contribution in [2.24, 2.45) is 0 Å². The van der Waals surface area contributed by atoms with Crippen LogP contribution in [0.5, 0.6) is 0 Å². The molecule has 0 aliphatic rings. The predicted molar refractivity (Wildman–Crippen MR) is 62.9 cm³/mol. The summed E-state index contributed by atoms with van der Waals surface area (Å²) in [5.41, 5.74) is 0.985. The van der Waals surface area contributed by atoms with Crippen LogP contribution in [0.4, 0.5) is 5.82 Å². The lowest BCUT2D eigenvalue weighted by atomic mass is 10.2. The first-order valence-electron chi connectivity index (χ1n) is 5.27. The number of hydrogen-bond donors (Lipinski definition) is 1. The lowest BCUT2D eigenvalue weighted by molar-refractivity contribution is 0.760. The molecule has 0 saturated heterocycles. The fraction of sp³-hybridized carbons (Fsp3) is 0.333. The van der Waals surface area contributed by atoms with Crippen molar-refractivity contribution in [3.8, 4) is 0 Å². The van der Waals surface area contributed by atoms with Crippen LogP contribution in [0, 0.1) is 0 Å². The largest absolute Gasteiger partial charge is 0.368 e. The Kier molecular flexibility index (Phi) is 2.81. The van der Waals surface area contributed by atoms with Crippen LogP contribution in [-0.4, -0.2) is 16.0 Å². The molecular formula is C12H15N3. The standard InChI is InChI=1S/C12H15N3/c1-3-9(2)14-12-5-4-10-8-13-7-6-11(10)15-12/h4-9H,3H2,1-2H3,(H,14,15). The zero-order valence-corrected chi connectivity index (χ0v) is 9.07. The van der Waals surface area contributed by atoms with Gasteiger partial charge in [-0.2, -0.15) is 0 Å². The van der Waals surface area contributed by atoms with E-state index in [2.05, 4.69) is 29.1 Å². The Labute approximate surface area is 89.6 Å². The highest BCUT2D eigenvalue weighted by molar-refractivity contribution is 5.78. The summed E-state index contributed by atoms with van der Waals surface area (Å²) in [6.07, 6.45) is 4.69. The number of rotatable bonds is 3. The highest BCUT2D eigenvalue weighted by Gasteiger charge is 2.01. The van der Waals surface area contributed by atoms with Gasteiger partial charge in [-0.15, -0.1) is 0 Å². The Morgan fingerprint density at radius 3 is 3.00 bits per heavy atom. The van der Waals surface area contributed by atoms with Crippen LogP contribution in [0.3, 0.4) is 0 Å². The van der Waals surface area contributed by atoms with Gasteiger partial charge in [-0.25, -0.2) is 4.98 Å². The number of nitrogens with zero attached hydrogens (tertiary/aromatic N) is 2. The minimum Gasteiger partial charge on any atom is -0.368 e. The van der Waals surface area contributed by atoms with Crippen molar-refractivity contribution in [2.75, 3.05) is 5.32 Å². The zero-order chi connectivity index (χ0) is 10.7. The van der Waals surface area contributed by atoms with Crippen LogP contribution in [0.2, 0.25) is 0 Å². The first kappa shape index (κ1) is 9.90.